The number of fused-ring (bicyclic) bond motifs is 8. The molecule has 24 nitrogen and oxygen atoms in total. The van der Waals surface area contributed by atoms with Crippen molar-refractivity contribution in [1.29, 1.82) is 11.1 Å². The van der Waals surface area contributed by atoms with Gasteiger partial charge in [0.1, 0.15) is 68.3 Å². The molecule has 8 aliphatic rings. The Morgan fingerprint density at radius 1 is 0.600 bits per heavy atom. The van der Waals surface area contributed by atoms with Crippen LogP contribution in [0.3, 0.4) is 0 Å². The molecule has 140 heavy (non-hydrogen) atoms. The van der Waals surface area contributed by atoms with Crippen molar-refractivity contribution < 1.29 is 55.7 Å². The summed E-state index contributed by atoms with van der Waals surface area (Å²) in [4.78, 5) is 7.10. The molecule has 0 saturated carbocycles. The highest BCUT2D eigenvalue weighted by Crippen LogP contribution is 2.47. The predicted molar refractivity (Wildman–Crippen MR) is 612 cm³/mol. The van der Waals surface area contributed by atoms with Gasteiger partial charge in [-0.15, -0.1) is 77.0 Å². The second-order valence-electron chi connectivity index (χ2n) is 27.8. The zero-order valence-electron chi connectivity index (χ0n) is 89.0. The molecule has 0 spiro atoms. The molecule has 2 aromatic heterocycles. The summed E-state index contributed by atoms with van der Waals surface area (Å²) in [6.45, 7) is 59.6. The third kappa shape index (κ3) is 40.2. The van der Waals surface area contributed by atoms with Gasteiger partial charge in [-0.2, -0.15) is 39.5 Å². The van der Waals surface area contributed by atoms with Crippen LogP contribution in [0.25, 0.3) is 31.9 Å². The molecule has 2 atom stereocenters. The molecule has 0 amide bonds. The lowest BCUT2D eigenvalue weighted by atomic mass is 10.0. The Hall–Kier alpha value is -12.8. The highest BCUT2D eigenvalue weighted by molar-refractivity contribution is 8.40. The number of para-hydroxylation sites is 5. The van der Waals surface area contributed by atoms with Gasteiger partial charge < -0.3 is 41.2 Å². The first kappa shape index (κ1) is 125. The molecule has 6 aliphatic heterocycles. The summed E-state index contributed by atoms with van der Waals surface area (Å²) in [5.74, 6) is 5.82. The van der Waals surface area contributed by atoms with E-state index in [4.69, 9.17) is 41.2 Å². The second kappa shape index (κ2) is 70.8. The van der Waals surface area contributed by atoms with Gasteiger partial charge in [0.25, 0.3) is 5.58 Å². The molecule has 0 fully saturated rings. The Bertz CT molecular complexity index is 5540. The monoisotopic (exact) mass is 2010 g/mol. The van der Waals surface area contributed by atoms with E-state index >= 15 is 0 Å². The average molecular weight is 2010 g/mol. The molecule has 0 saturated heterocycles. The van der Waals surface area contributed by atoms with E-state index in [0.717, 1.165) is 64.7 Å². The van der Waals surface area contributed by atoms with Crippen molar-refractivity contribution in [1.82, 2.24) is 4.90 Å². The summed E-state index contributed by atoms with van der Waals surface area (Å²) in [6.07, 6.45) is 40.2. The van der Waals surface area contributed by atoms with E-state index in [-0.39, 0.29) is 27.7 Å². The molecular weight excluding hydrogens is 1860 g/mol. The summed E-state index contributed by atoms with van der Waals surface area (Å²) < 4.78 is 41.3. The van der Waals surface area contributed by atoms with Crippen molar-refractivity contribution in [3.8, 4) is 11.8 Å². The molecule has 8 heterocycles. The van der Waals surface area contributed by atoms with Crippen LogP contribution in [-0.2, 0) is 18.8 Å². The molecular formula is C110H158N20O4P2S4+4. The smallest absolute Gasteiger partial charge is 0.496 e. The first-order valence-electron chi connectivity index (χ1n) is 47.1. The van der Waals surface area contributed by atoms with Gasteiger partial charge in [0.05, 0.1) is 51.5 Å². The molecule has 30 heteroatoms. The maximum Gasteiger partial charge on any atom is 0.707 e. The number of rotatable bonds is 14. The number of hydrogen-bond acceptors (Lipinski definition) is 16. The fourth-order valence-electron chi connectivity index (χ4n) is 12.3. The molecule has 2 unspecified atom stereocenters. The highest BCUT2D eigenvalue weighted by atomic mass is 32.2. The first-order chi connectivity index (χ1) is 67.7. The number of benzene rings is 6. The number of allylic oxidation sites excluding steroid dienone is 13. The minimum absolute atomic E-state index is 0.0772. The lowest BCUT2D eigenvalue weighted by Crippen LogP contribution is -2.33. The molecule has 8 aromatic rings. The van der Waals surface area contributed by atoms with Crippen LogP contribution in [-0.4, -0.2) is 138 Å². The van der Waals surface area contributed by atoms with Gasteiger partial charge in [0.15, 0.2) is 43.7 Å². The number of nitrogens with one attached hydrogen (secondary N) is 4. The largest absolute Gasteiger partial charge is 0.707 e. The maximum atomic E-state index is 7.11. The van der Waals surface area contributed by atoms with Crippen LogP contribution in [0.2, 0.25) is 0 Å². The molecule has 2 aliphatic carbocycles. The Kier molecular flexibility index (Phi) is 63.3. The van der Waals surface area contributed by atoms with Gasteiger partial charge in [0.2, 0.25) is 28.7 Å². The van der Waals surface area contributed by atoms with E-state index in [1.807, 2.05) is 304 Å². The lowest BCUT2D eigenvalue weighted by molar-refractivity contribution is -0.702. The van der Waals surface area contributed by atoms with Gasteiger partial charge >= 0.3 is 20.9 Å². The summed E-state index contributed by atoms with van der Waals surface area (Å²) >= 11 is 6.61. The molecule has 8 N–H and O–H groups in total. The van der Waals surface area contributed by atoms with Crippen LogP contribution in [0.1, 0.15) is 138 Å². The number of anilines is 3. The lowest BCUT2D eigenvalue weighted by Gasteiger charge is -2.29. The van der Waals surface area contributed by atoms with Gasteiger partial charge in [-0.3, -0.25) is 18.6 Å². The van der Waals surface area contributed by atoms with E-state index in [0.29, 0.717) is 29.0 Å². The van der Waals surface area contributed by atoms with Crippen LogP contribution in [0.4, 0.5) is 28.4 Å². The third-order valence-electron chi connectivity index (χ3n) is 18.4. The van der Waals surface area contributed by atoms with Crippen LogP contribution in [0.5, 0.6) is 11.8 Å². The van der Waals surface area contributed by atoms with Crippen molar-refractivity contribution in [2.24, 2.45) is 35.8 Å². The van der Waals surface area contributed by atoms with E-state index in [1.165, 1.54) is 64.7 Å². The number of thioether (sulfide) groups is 3. The van der Waals surface area contributed by atoms with E-state index in [2.05, 4.69) is 257 Å². The summed E-state index contributed by atoms with van der Waals surface area (Å²) in [5, 5.41) is 11.9. The fraction of sp³-hybridized carbons (Fsp3) is 0.291. The highest BCUT2D eigenvalue weighted by Gasteiger charge is 2.30. The number of hydrogen-bond donors (Lipinski definition) is 6. The van der Waals surface area contributed by atoms with E-state index in [1.54, 1.807) is 76.4 Å². The minimum Gasteiger partial charge on any atom is -0.496 e. The number of aryl methyl sites for hydroxylation is 2. The summed E-state index contributed by atoms with van der Waals surface area (Å²) in [5.41, 5.74) is 52.9. The Balaban J connectivity index is 0.000000788. The Labute approximate surface area is 858 Å². The van der Waals surface area contributed by atoms with Gasteiger partial charge in [-0.1, -0.05) is 274 Å². The van der Waals surface area contributed by atoms with Crippen LogP contribution in [0.15, 0.2) is 348 Å². The van der Waals surface area contributed by atoms with E-state index < -0.39 is 0 Å². The summed E-state index contributed by atoms with van der Waals surface area (Å²) in [6, 6.07) is 48.2. The van der Waals surface area contributed by atoms with Crippen LogP contribution in [0, 0.1) is 36.7 Å². The topological polar surface area (TPSA) is 248 Å². The van der Waals surface area contributed by atoms with Crippen LogP contribution < -0.4 is 51.1 Å². The fourth-order valence-corrected chi connectivity index (χ4v) is 19.7. The van der Waals surface area contributed by atoms with Gasteiger partial charge in [-0.05, 0) is 98.9 Å². The van der Waals surface area contributed by atoms with Crippen molar-refractivity contribution in [3.63, 3.8) is 0 Å². The van der Waals surface area contributed by atoms with Gasteiger partial charge in [-0.25, -0.2) is 25.1 Å². The number of aromatic nitrogens is 2. The van der Waals surface area contributed by atoms with Crippen molar-refractivity contribution >= 4 is 152 Å². The zero-order valence-corrected chi connectivity index (χ0v) is 94.0. The zero-order chi connectivity index (χ0) is 106. The van der Waals surface area contributed by atoms with E-state index in [9.17, 15) is 0 Å². The molecule has 0 bridgehead atoms. The Morgan fingerprint density at radius 2 is 1.14 bits per heavy atom. The standard InChI is InChI=1S/C15H17N2O2.C15H17N2S2.C13H15N4O2.C13H15N4S2.C10H12N2.C10H12NP.C9H11N3.C9H11N2P.8C2H6/c2*1-4-12(9-16)11(2)18-15-17(3)10-13-7-5-6-8-14(13)19-15;2*1-4-10(15-14)9(2)18-13-17(3)16-11-7-5-6-8-12(11)19-13;2*1-11-7-9-5-3-4-6-10(9)12(2)8-11;1-11-7-12(2)10-8-5-3-4-6-9(8)11;1-11-7-12(2)9-6-4-3-5-8(9)10-11;8*1-2/h2*4-10H,2,16H2,1,3H3;2*4-8,14,16H,2H2,1,3H3;2*3-8H,1-2H3;2*3-7H,1-2H3;8*1-2H3/q4*+1;;;;;;;;;;;;/b;;2*10-4+,15-14?;;;;;;;;;;;;. The first-order valence-corrected chi connectivity index (χ1v) is 54.1. The summed E-state index contributed by atoms with van der Waals surface area (Å²) in [7, 11) is 19.5. The quantitative estimate of drug-likeness (QED) is 0.00868. The van der Waals surface area contributed by atoms with Crippen molar-refractivity contribution in [2.45, 2.75) is 148 Å². The normalized spacial score (nSPS) is 14.5. The number of hydrazone groups is 2. The molecule has 752 valence electrons. The second-order valence-corrected chi connectivity index (χ2v) is 36.4. The van der Waals surface area contributed by atoms with Crippen molar-refractivity contribution in [2.75, 3.05) is 85.5 Å². The predicted octanol–water partition coefficient (Wildman–Crippen LogP) is 28.8. The van der Waals surface area contributed by atoms with Crippen LogP contribution >= 0.6 is 62.5 Å². The molecule has 0 radical (unpaired) electrons. The molecule has 6 aromatic carbocycles. The molecule has 16 rings (SSSR count). The third-order valence-corrected chi connectivity index (χ3v) is 27.0. The minimum atomic E-state index is -0.140. The number of nitrogens with zero attached hydrogens (tertiary/aromatic N) is 14. The number of ether oxygens (including phenoxy) is 3. The average Bonchev–Trinajstić information content (AvgIpc) is 0.800. The maximum absolute atomic E-state index is 7.11. The number of nitrogens with two attached hydrogens (primary N) is 2. The SMILES string of the molecule is C=C(OC1=[N+](C)Nc2ccccc2O1)/C(=C\C)N=N.C=C(O[c-]1[o+]c2cccc[c+]2c[n+]1C)C(=CN)[CH-]C.C=C(SC1=[N+](C)Nc2ccccc2S1)/C(=C\C)N=N.C=C(S[c-]1[s+]c2cccc[c+]2c[n+]1C)C(=CN)[CH-]C.CC.CC.CC.CC.CC.CC.CC.CC.CN1C=[N+](C)C=C2[CH-]C=CC=C21.CN1C=[N+](C)[N-]c2ccccc21.C[N+]1=CP(C)C2=CC=C[CH-]C2=C1.C[N+]1=CP(C)c2ccccc2[N-]1. The number of likely N-dealkylation sites (N-methyl/N-ethyl adjacent to an activating group) is 1. The van der Waals surface area contributed by atoms with Gasteiger partial charge in [0, 0.05) is 72.1 Å². The van der Waals surface area contributed by atoms with Crippen molar-refractivity contribution in [3.05, 3.63) is 360 Å². The Morgan fingerprint density at radius 3 is 1.77 bits per heavy atom. The number of hydrazine groups is 2.